The van der Waals surface area contributed by atoms with Crippen molar-refractivity contribution in [3.05, 3.63) is 29.1 Å². The minimum Gasteiger partial charge on any atom is -0.449 e. The molecule has 0 aromatic carbocycles. The average Bonchev–Trinajstić information content (AvgIpc) is 3.55. The lowest BCUT2D eigenvalue weighted by Crippen LogP contribution is -2.52. The van der Waals surface area contributed by atoms with Crippen LogP contribution < -0.4 is 5.32 Å². The van der Waals surface area contributed by atoms with Gasteiger partial charge in [-0.3, -0.25) is 9.78 Å². The van der Waals surface area contributed by atoms with Gasteiger partial charge in [-0.2, -0.15) is 13.2 Å². The van der Waals surface area contributed by atoms with Crippen molar-refractivity contribution in [2.24, 2.45) is 17.3 Å². The Hall–Kier alpha value is -2.48. The summed E-state index contributed by atoms with van der Waals surface area (Å²) in [5.41, 5.74) is -0.648. The smallest absolute Gasteiger partial charge is 0.417 e. The quantitative estimate of drug-likeness (QED) is 0.493. The molecule has 4 fully saturated rings. The molecule has 5 aliphatic rings. The SMILES string of the molecule is CO[C@H]1COCC[C@H]1N[C@@H]1C[C@H]2CN(C(=O)OCCC3CCOCC3)C[C@@]2(C(=O)N2CCc3ncc(C(F)(F)F)cc3C2)C1. The number of nitrogens with zero attached hydrogens (tertiary/aromatic N) is 3. The first-order chi connectivity index (χ1) is 21.2. The van der Waals surface area contributed by atoms with Gasteiger partial charge in [-0.25, -0.2) is 4.79 Å². The van der Waals surface area contributed by atoms with Crippen LogP contribution >= 0.6 is 0 Å². The molecule has 1 N–H and O–H groups in total. The number of fused-ring (bicyclic) bond motifs is 2. The number of amides is 2. The number of methoxy groups -OCH3 is 1. The predicted octanol–water partition coefficient (Wildman–Crippen LogP) is 3.41. The Morgan fingerprint density at radius 3 is 2.73 bits per heavy atom. The number of ether oxygens (including phenoxy) is 4. The number of carbonyl (C=O) groups is 2. The first kappa shape index (κ1) is 31.5. The number of aromatic nitrogens is 1. The largest absolute Gasteiger partial charge is 0.449 e. The van der Waals surface area contributed by atoms with Crippen LogP contribution in [0.2, 0.25) is 0 Å². The molecule has 0 bridgehead atoms. The normalized spacial score (nSPS) is 31.1. The van der Waals surface area contributed by atoms with Gasteiger partial charge in [0.25, 0.3) is 0 Å². The number of carbonyl (C=O) groups excluding carboxylic acids is 2. The number of rotatable bonds is 7. The zero-order valence-corrected chi connectivity index (χ0v) is 25.3. The van der Waals surface area contributed by atoms with Gasteiger partial charge >= 0.3 is 12.3 Å². The van der Waals surface area contributed by atoms with Crippen molar-refractivity contribution in [2.75, 3.05) is 59.8 Å². The molecule has 1 aromatic heterocycles. The van der Waals surface area contributed by atoms with Gasteiger partial charge in [0.15, 0.2) is 0 Å². The van der Waals surface area contributed by atoms with Gasteiger partial charge in [0.05, 0.1) is 30.3 Å². The summed E-state index contributed by atoms with van der Waals surface area (Å²) >= 11 is 0. The standard InChI is InChI=1S/C31H43F3N4O6/c1-41-27-18-43-10-6-26(27)36-24-13-23-17-38(29(40)44-11-5-20-3-8-42-9-4-20)19-30(23,14-24)28(39)37-7-2-25-21(16-37)12-22(15-35-25)31(32,33)34/h12,15,20,23-24,26-27,36H,2-11,13-14,16-19H2,1H3/t23-,24+,26+,27-,30-/m0/s1. The van der Waals surface area contributed by atoms with Crippen molar-refractivity contribution in [1.82, 2.24) is 20.1 Å². The molecule has 5 heterocycles. The fourth-order valence-corrected chi connectivity index (χ4v) is 7.91. The number of hydrogen-bond donors (Lipinski definition) is 1. The Bertz CT molecular complexity index is 1200. The highest BCUT2D eigenvalue weighted by Crippen LogP contribution is 2.51. The zero-order valence-electron chi connectivity index (χ0n) is 25.3. The van der Waals surface area contributed by atoms with Gasteiger partial charge in [0, 0.05) is 83.5 Å². The predicted molar refractivity (Wildman–Crippen MR) is 152 cm³/mol. The van der Waals surface area contributed by atoms with Crippen molar-refractivity contribution in [3.8, 4) is 0 Å². The number of halogens is 3. The second-order valence-corrected chi connectivity index (χ2v) is 13.0. The van der Waals surface area contributed by atoms with E-state index in [2.05, 4.69) is 10.3 Å². The molecule has 1 saturated carbocycles. The first-order valence-corrected chi connectivity index (χ1v) is 15.9. The number of likely N-dealkylation sites (tertiary alicyclic amines) is 1. The Morgan fingerprint density at radius 1 is 1.16 bits per heavy atom. The summed E-state index contributed by atoms with van der Waals surface area (Å²) in [6, 6.07) is 1.24. The van der Waals surface area contributed by atoms with Crippen LogP contribution in [0.15, 0.2) is 12.3 Å². The van der Waals surface area contributed by atoms with Crippen LogP contribution in [-0.4, -0.2) is 105 Å². The molecule has 244 valence electrons. The molecule has 44 heavy (non-hydrogen) atoms. The van der Waals surface area contributed by atoms with Crippen LogP contribution in [0.3, 0.4) is 0 Å². The summed E-state index contributed by atoms with van der Waals surface area (Å²) < 4.78 is 62.7. The van der Waals surface area contributed by atoms with Crippen LogP contribution in [-0.2, 0) is 42.9 Å². The molecule has 13 heteroatoms. The summed E-state index contributed by atoms with van der Waals surface area (Å²) in [6.45, 7) is 4.02. The molecule has 0 spiro atoms. The van der Waals surface area contributed by atoms with Crippen molar-refractivity contribution < 1.29 is 41.7 Å². The first-order valence-electron chi connectivity index (χ1n) is 15.9. The van der Waals surface area contributed by atoms with E-state index in [0.717, 1.165) is 51.2 Å². The van der Waals surface area contributed by atoms with Gasteiger partial charge in [-0.05, 0) is 62.0 Å². The van der Waals surface area contributed by atoms with Gasteiger partial charge < -0.3 is 34.1 Å². The highest BCUT2D eigenvalue weighted by Gasteiger charge is 2.60. The fraction of sp³-hybridized carbons (Fsp3) is 0.774. The lowest BCUT2D eigenvalue weighted by molar-refractivity contribution is -0.143. The maximum Gasteiger partial charge on any atom is 0.417 e. The van der Waals surface area contributed by atoms with Crippen LogP contribution in [0, 0.1) is 17.3 Å². The molecule has 10 nitrogen and oxygen atoms in total. The Labute approximate surface area is 255 Å². The molecule has 4 aliphatic heterocycles. The van der Waals surface area contributed by atoms with Crippen LogP contribution in [0.5, 0.6) is 0 Å². The fourth-order valence-electron chi connectivity index (χ4n) is 7.91. The van der Waals surface area contributed by atoms with Crippen molar-refractivity contribution in [1.29, 1.82) is 0 Å². The molecule has 5 atom stereocenters. The molecule has 6 rings (SSSR count). The number of nitrogens with one attached hydrogen (secondary N) is 1. The molecule has 3 saturated heterocycles. The monoisotopic (exact) mass is 624 g/mol. The molecular weight excluding hydrogens is 581 g/mol. The highest BCUT2D eigenvalue weighted by molar-refractivity contribution is 5.86. The molecule has 1 aromatic rings. The summed E-state index contributed by atoms with van der Waals surface area (Å²) in [6.07, 6.45) is 0.985. The van der Waals surface area contributed by atoms with Crippen LogP contribution in [0.1, 0.15) is 55.3 Å². The third-order valence-corrected chi connectivity index (χ3v) is 10.4. The molecule has 0 radical (unpaired) electrons. The van der Waals surface area contributed by atoms with E-state index < -0.39 is 23.2 Å². The Balaban J connectivity index is 1.17. The van der Waals surface area contributed by atoms with E-state index in [0.29, 0.717) is 69.3 Å². The second kappa shape index (κ2) is 13.1. The number of alkyl halides is 3. The lowest BCUT2D eigenvalue weighted by atomic mass is 9.78. The van der Waals surface area contributed by atoms with E-state index in [1.54, 1.807) is 16.9 Å². The molecule has 2 amide bonds. The van der Waals surface area contributed by atoms with Gasteiger partial charge in [0.2, 0.25) is 5.91 Å². The Kier molecular flexibility index (Phi) is 9.37. The van der Waals surface area contributed by atoms with Crippen molar-refractivity contribution in [3.63, 3.8) is 0 Å². The van der Waals surface area contributed by atoms with Gasteiger partial charge in [-0.15, -0.1) is 0 Å². The van der Waals surface area contributed by atoms with E-state index in [1.807, 2.05) is 0 Å². The lowest BCUT2D eigenvalue weighted by Gasteiger charge is -2.37. The molecule has 1 aliphatic carbocycles. The number of hydrogen-bond acceptors (Lipinski definition) is 8. The second-order valence-electron chi connectivity index (χ2n) is 13.0. The topological polar surface area (TPSA) is 102 Å². The third kappa shape index (κ3) is 6.56. The maximum atomic E-state index is 14.5. The third-order valence-electron chi connectivity index (χ3n) is 10.4. The maximum absolute atomic E-state index is 14.5. The average molecular weight is 625 g/mol. The van der Waals surface area contributed by atoms with E-state index in [-0.39, 0.29) is 43.1 Å². The van der Waals surface area contributed by atoms with E-state index in [4.69, 9.17) is 18.9 Å². The summed E-state index contributed by atoms with van der Waals surface area (Å²) in [7, 11) is 1.67. The summed E-state index contributed by atoms with van der Waals surface area (Å²) in [5.74, 6) is 0.268. The van der Waals surface area contributed by atoms with Gasteiger partial charge in [-0.1, -0.05) is 0 Å². The number of pyridine rings is 1. The minimum atomic E-state index is -4.51. The molecular formula is C31H43F3N4O6. The van der Waals surface area contributed by atoms with Crippen molar-refractivity contribution >= 4 is 12.0 Å². The van der Waals surface area contributed by atoms with Crippen molar-refractivity contribution in [2.45, 2.75) is 75.9 Å². The van der Waals surface area contributed by atoms with Gasteiger partial charge in [0.1, 0.15) is 0 Å². The summed E-state index contributed by atoms with van der Waals surface area (Å²) in [5, 5.41) is 3.73. The molecule has 0 unspecified atom stereocenters. The minimum absolute atomic E-state index is 0.0342. The zero-order chi connectivity index (χ0) is 30.9. The van der Waals surface area contributed by atoms with E-state index in [9.17, 15) is 22.8 Å². The van der Waals surface area contributed by atoms with Crippen LogP contribution in [0.4, 0.5) is 18.0 Å². The van der Waals surface area contributed by atoms with E-state index >= 15 is 0 Å². The highest BCUT2D eigenvalue weighted by atomic mass is 19.4. The summed E-state index contributed by atoms with van der Waals surface area (Å²) in [4.78, 5) is 35.1. The van der Waals surface area contributed by atoms with Crippen LogP contribution in [0.25, 0.3) is 0 Å². The Morgan fingerprint density at radius 2 is 1.95 bits per heavy atom. The van der Waals surface area contributed by atoms with E-state index in [1.165, 1.54) is 0 Å².